The first-order valence-corrected chi connectivity index (χ1v) is 3.98. The van der Waals surface area contributed by atoms with Crippen LogP contribution in [0.3, 0.4) is 0 Å². The first kappa shape index (κ1) is 9.29. The number of rotatable bonds is 3. The summed E-state index contributed by atoms with van der Waals surface area (Å²) in [5, 5.41) is 3.47. The average Bonchev–Trinajstić information content (AvgIpc) is 2.08. The molecule has 0 aliphatic heterocycles. The molecule has 1 rings (SSSR count). The highest BCUT2D eigenvalue weighted by molar-refractivity contribution is 6.29. The van der Waals surface area contributed by atoms with Crippen LogP contribution in [-0.2, 0) is 6.54 Å². The number of nitrogens with zero attached hydrogens (tertiary/aromatic N) is 1. The molecule has 0 atom stereocenters. The molecule has 4 heteroatoms. The second-order valence-electron chi connectivity index (χ2n) is 2.35. The van der Waals surface area contributed by atoms with Crippen molar-refractivity contribution < 1.29 is 4.74 Å². The molecule has 0 spiro atoms. The standard InChI is InChI=1S/C8H11ClN2O/c1-10-4-6-5-11-8(9)3-7(6)12-2/h3,5,10H,4H2,1-2H3. The van der Waals surface area contributed by atoms with Crippen LogP contribution >= 0.6 is 11.6 Å². The highest BCUT2D eigenvalue weighted by Crippen LogP contribution is 2.20. The number of pyridine rings is 1. The molecule has 12 heavy (non-hydrogen) atoms. The molecule has 0 saturated heterocycles. The fourth-order valence-electron chi connectivity index (χ4n) is 0.955. The molecule has 0 aliphatic carbocycles. The van der Waals surface area contributed by atoms with Crippen molar-refractivity contribution >= 4 is 11.6 Å². The summed E-state index contributed by atoms with van der Waals surface area (Å²) in [5.74, 6) is 0.768. The Labute approximate surface area is 76.7 Å². The van der Waals surface area contributed by atoms with E-state index in [2.05, 4.69) is 10.3 Å². The average molecular weight is 187 g/mol. The van der Waals surface area contributed by atoms with Crippen LogP contribution in [0.25, 0.3) is 0 Å². The number of hydrogen-bond acceptors (Lipinski definition) is 3. The van der Waals surface area contributed by atoms with E-state index in [4.69, 9.17) is 16.3 Å². The Morgan fingerprint density at radius 3 is 3.00 bits per heavy atom. The predicted octanol–water partition coefficient (Wildman–Crippen LogP) is 1.46. The molecule has 3 nitrogen and oxygen atoms in total. The van der Waals surface area contributed by atoms with E-state index in [-0.39, 0.29) is 0 Å². The van der Waals surface area contributed by atoms with E-state index in [1.54, 1.807) is 19.4 Å². The fraction of sp³-hybridized carbons (Fsp3) is 0.375. The molecule has 1 N–H and O–H groups in total. The number of aromatic nitrogens is 1. The van der Waals surface area contributed by atoms with Crippen molar-refractivity contribution in [3.05, 3.63) is 23.0 Å². The van der Waals surface area contributed by atoms with E-state index in [1.807, 2.05) is 7.05 Å². The van der Waals surface area contributed by atoms with E-state index in [0.29, 0.717) is 5.15 Å². The Balaban J connectivity index is 2.94. The van der Waals surface area contributed by atoms with Crippen molar-refractivity contribution in [2.75, 3.05) is 14.2 Å². The van der Waals surface area contributed by atoms with Gasteiger partial charge in [0.25, 0.3) is 0 Å². The maximum atomic E-state index is 5.68. The first-order valence-electron chi connectivity index (χ1n) is 3.61. The SMILES string of the molecule is CNCc1cnc(Cl)cc1OC. The van der Waals surface area contributed by atoms with Gasteiger partial charge in [0.1, 0.15) is 10.9 Å². The van der Waals surface area contributed by atoms with Crippen molar-refractivity contribution in [1.29, 1.82) is 0 Å². The molecule has 66 valence electrons. The first-order chi connectivity index (χ1) is 5.77. The molecular weight excluding hydrogens is 176 g/mol. The summed E-state index contributed by atoms with van der Waals surface area (Å²) >= 11 is 5.68. The zero-order chi connectivity index (χ0) is 8.97. The predicted molar refractivity (Wildman–Crippen MR) is 48.6 cm³/mol. The van der Waals surface area contributed by atoms with Crippen LogP contribution in [0, 0.1) is 0 Å². The Hall–Kier alpha value is -0.800. The van der Waals surface area contributed by atoms with Gasteiger partial charge in [-0.3, -0.25) is 0 Å². The molecule has 0 aromatic carbocycles. The van der Waals surface area contributed by atoms with E-state index >= 15 is 0 Å². The van der Waals surface area contributed by atoms with Crippen molar-refractivity contribution in [3.8, 4) is 5.75 Å². The number of hydrogen-bond donors (Lipinski definition) is 1. The highest BCUT2D eigenvalue weighted by atomic mass is 35.5. The molecule has 0 radical (unpaired) electrons. The maximum Gasteiger partial charge on any atom is 0.132 e. The Morgan fingerprint density at radius 1 is 1.67 bits per heavy atom. The normalized spacial score (nSPS) is 9.92. The van der Waals surface area contributed by atoms with Gasteiger partial charge in [-0.1, -0.05) is 11.6 Å². The molecule has 0 fully saturated rings. The van der Waals surface area contributed by atoms with Gasteiger partial charge in [-0.25, -0.2) is 4.98 Å². The Kier molecular flexibility index (Phi) is 3.31. The monoisotopic (exact) mass is 186 g/mol. The molecule has 0 aliphatic rings. The van der Waals surface area contributed by atoms with Gasteiger partial charge in [0, 0.05) is 24.4 Å². The molecule has 1 aromatic rings. The minimum Gasteiger partial charge on any atom is -0.496 e. The number of halogens is 1. The fourth-order valence-corrected chi connectivity index (χ4v) is 1.10. The maximum absolute atomic E-state index is 5.68. The minimum atomic E-state index is 0.451. The summed E-state index contributed by atoms with van der Waals surface area (Å²) in [6.45, 7) is 0.730. The van der Waals surface area contributed by atoms with E-state index < -0.39 is 0 Å². The van der Waals surface area contributed by atoms with Crippen molar-refractivity contribution in [3.63, 3.8) is 0 Å². The van der Waals surface area contributed by atoms with Crippen LogP contribution in [0.1, 0.15) is 5.56 Å². The third kappa shape index (κ3) is 2.09. The lowest BCUT2D eigenvalue weighted by molar-refractivity contribution is 0.408. The van der Waals surface area contributed by atoms with E-state index in [1.165, 1.54) is 0 Å². The summed E-state index contributed by atoms with van der Waals surface area (Å²) < 4.78 is 5.11. The van der Waals surface area contributed by atoms with Gasteiger partial charge in [-0.15, -0.1) is 0 Å². The highest BCUT2D eigenvalue weighted by Gasteiger charge is 2.02. The number of methoxy groups -OCH3 is 1. The third-order valence-corrected chi connectivity index (χ3v) is 1.70. The van der Waals surface area contributed by atoms with Gasteiger partial charge in [-0.2, -0.15) is 0 Å². The summed E-state index contributed by atoms with van der Waals surface area (Å²) in [5.41, 5.74) is 1.00. The molecule has 0 saturated carbocycles. The third-order valence-electron chi connectivity index (χ3n) is 1.50. The summed E-state index contributed by atoms with van der Waals surface area (Å²) in [6.07, 6.45) is 1.71. The summed E-state index contributed by atoms with van der Waals surface area (Å²) in [7, 11) is 3.48. The van der Waals surface area contributed by atoms with Crippen LogP contribution in [0.4, 0.5) is 0 Å². The molecule has 1 aromatic heterocycles. The van der Waals surface area contributed by atoms with Gasteiger partial charge in [0.2, 0.25) is 0 Å². The lowest BCUT2D eigenvalue weighted by Gasteiger charge is -2.06. The molecule has 0 bridgehead atoms. The van der Waals surface area contributed by atoms with E-state index in [9.17, 15) is 0 Å². The van der Waals surface area contributed by atoms with Gasteiger partial charge in [0.15, 0.2) is 0 Å². The largest absolute Gasteiger partial charge is 0.496 e. The topological polar surface area (TPSA) is 34.2 Å². The minimum absolute atomic E-state index is 0.451. The van der Waals surface area contributed by atoms with Crippen LogP contribution < -0.4 is 10.1 Å². The zero-order valence-electron chi connectivity index (χ0n) is 7.10. The van der Waals surface area contributed by atoms with Gasteiger partial charge < -0.3 is 10.1 Å². The Bertz CT molecular complexity index is 265. The second kappa shape index (κ2) is 4.28. The van der Waals surface area contributed by atoms with Crippen molar-refractivity contribution in [2.24, 2.45) is 0 Å². The smallest absolute Gasteiger partial charge is 0.132 e. The van der Waals surface area contributed by atoms with Crippen molar-refractivity contribution in [1.82, 2.24) is 10.3 Å². The van der Waals surface area contributed by atoms with Crippen LogP contribution in [0.2, 0.25) is 5.15 Å². The molecule has 0 amide bonds. The van der Waals surface area contributed by atoms with Gasteiger partial charge in [-0.05, 0) is 7.05 Å². The van der Waals surface area contributed by atoms with Gasteiger partial charge >= 0.3 is 0 Å². The zero-order valence-corrected chi connectivity index (χ0v) is 7.85. The molecular formula is C8H11ClN2O. The van der Waals surface area contributed by atoms with Crippen molar-refractivity contribution in [2.45, 2.75) is 6.54 Å². The number of ether oxygens (including phenoxy) is 1. The lowest BCUT2D eigenvalue weighted by atomic mass is 10.2. The quantitative estimate of drug-likeness (QED) is 0.726. The second-order valence-corrected chi connectivity index (χ2v) is 2.74. The molecule has 0 unspecified atom stereocenters. The lowest BCUT2D eigenvalue weighted by Crippen LogP contribution is -2.06. The van der Waals surface area contributed by atoms with Crippen LogP contribution in [-0.4, -0.2) is 19.1 Å². The van der Waals surface area contributed by atoms with Gasteiger partial charge in [0.05, 0.1) is 7.11 Å². The van der Waals surface area contributed by atoms with Crippen LogP contribution in [0.5, 0.6) is 5.75 Å². The van der Waals surface area contributed by atoms with E-state index in [0.717, 1.165) is 17.9 Å². The number of nitrogens with one attached hydrogen (secondary N) is 1. The summed E-state index contributed by atoms with van der Waals surface area (Å²) in [6, 6.07) is 1.70. The summed E-state index contributed by atoms with van der Waals surface area (Å²) in [4.78, 5) is 3.95. The Morgan fingerprint density at radius 2 is 2.42 bits per heavy atom. The molecule has 1 heterocycles. The van der Waals surface area contributed by atoms with Crippen LogP contribution in [0.15, 0.2) is 12.3 Å².